The van der Waals surface area contributed by atoms with Crippen LogP contribution in [0.4, 0.5) is 11.4 Å². The lowest BCUT2D eigenvalue weighted by Crippen LogP contribution is -2.43. The fourth-order valence-electron chi connectivity index (χ4n) is 2.51. The molecule has 0 fully saturated rings. The molecule has 0 saturated carbocycles. The fourth-order valence-corrected chi connectivity index (χ4v) is 3.13. The van der Waals surface area contributed by atoms with E-state index < -0.39 is 10.0 Å². The average Bonchev–Trinajstić information content (AvgIpc) is 2.46. The molecule has 0 aliphatic carbocycles. The van der Waals surface area contributed by atoms with Crippen LogP contribution in [-0.4, -0.2) is 44.6 Å². The first-order chi connectivity index (χ1) is 10.7. The molecule has 0 unspecified atom stereocenters. The second-order valence-corrected chi connectivity index (χ2v) is 7.29. The minimum absolute atomic E-state index is 0.0784. The summed E-state index contributed by atoms with van der Waals surface area (Å²) in [6.45, 7) is 9.45. The number of benzene rings is 1. The molecular formula is C16H27N3O3S. The van der Waals surface area contributed by atoms with Crippen LogP contribution in [-0.2, 0) is 14.8 Å². The first-order valence-electron chi connectivity index (χ1n) is 7.85. The zero-order valence-electron chi connectivity index (χ0n) is 14.5. The molecule has 0 spiro atoms. The second-order valence-electron chi connectivity index (χ2n) is 5.54. The molecule has 0 heterocycles. The summed E-state index contributed by atoms with van der Waals surface area (Å²) in [7, 11) is -3.36. The molecule has 23 heavy (non-hydrogen) atoms. The largest absolute Gasteiger partial charge is 0.325 e. The number of carbonyl (C=O) groups is 1. The van der Waals surface area contributed by atoms with Crippen molar-refractivity contribution in [2.75, 3.05) is 29.4 Å². The second kappa shape index (κ2) is 8.31. The maximum atomic E-state index is 12.5. The van der Waals surface area contributed by atoms with Gasteiger partial charge in [-0.25, -0.2) is 8.42 Å². The highest BCUT2D eigenvalue weighted by molar-refractivity contribution is 7.92. The maximum Gasteiger partial charge on any atom is 0.241 e. The van der Waals surface area contributed by atoms with Gasteiger partial charge in [0.25, 0.3) is 0 Å². The number of hydrogen-bond donors (Lipinski definition) is 2. The van der Waals surface area contributed by atoms with Crippen molar-refractivity contribution in [3.05, 3.63) is 23.8 Å². The van der Waals surface area contributed by atoms with Crippen molar-refractivity contribution in [3.63, 3.8) is 0 Å². The van der Waals surface area contributed by atoms with Crippen molar-refractivity contribution in [1.29, 1.82) is 0 Å². The molecule has 1 amide bonds. The summed E-state index contributed by atoms with van der Waals surface area (Å²) in [4.78, 5) is 14.6. The van der Waals surface area contributed by atoms with Crippen molar-refractivity contribution in [2.45, 2.75) is 40.2 Å². The van der Waals surface area contributed by atoms with E-state index >= 15 is 0 Å². The summed E-state index contributed by atoms with van der Waals surface area (Å²) >= 11 is 0. The Hall–Kier alpha value is -1.60. The summed E-state index contributed by atoms with van der Waals surface area (Å²) in [6.07, 6.45) is 1.82. The number of nitrogens with zero attached hydrogens (tertiary/aromatic N) is 1. The van der Waals surface area contributed by atoms with Crippen molar-refractivity contribution in [3.8, 4) is 0 Å². The lowest BCUT2D eigenvalue weighted by atomic mass is 10.1. The zero-order valence-corrected chi connectivity index (χ0v) is 15.3. The molecule has 0 aromatic heterocycles. The van der Waals surface area contributed by atoms with Gasteiger partial charge in [-0.3, -0.25) is 14.4 Å². The van der Waals surface area contributed by atoms with Gasteiger partial charge in [0.15, 0.2) is 0 Å². The molecule has 1 aromatic rings. The molecule has 0 saturated heterocycles. The Morgan fingerprint density at radius 1 is 1.22 bits per heavy atom. The van der Waals surface area contributed by atoms with E-state index in [9.17, 15) is 13.2 Å². The summed E-state index contributed by atoms with van der Waals surface area (Å²) < 4.78 is 25.3. The van der Waals surface area contributed by atoms with Gasteiger partial charge in [0, 0.05) is 5.69 Å². The zero-order chi connectivity index (χ0) is 17.6. The molecular weight excluding hydrogens is 314 g/mol. The molecule has 6 nitrogen and oxygen atoms in total. The maximum absolute atomic E-state index is 12.5. The number of rotatable bonds is 8. The molecule has 7 heteroatoms. The minimum atomic E-state index is -3.36. The standard InChI is InChI=1S/C16H27N3O3S/c1-6-15(19(7-2)8-3)16(20)17-13-10-9-12(4)14(11-13)18-23(5,21)22/h9-11,15,18H,6-8H2,1-5H3,(H,17,20)/t15-/m1/s1. The number of anilines is 2. The molecule has 1 atom stereocenters. The topological polar surface area (TPSA) is 78.5 Å². The Kier molecular flexibility index (Phi) is 7.02. The smallest absolute Gasteiger partial charge is 0.241 e. The Morgan fingerprint density at radius 2 is 1.83 bits per heavy atom. The van der Waals surface area contributed by atoms with Crippen molar-refractivity contribution in [1.82, 2.24) is 4.90 Å². The average molecular weight is 341 g/mol. The molecule has 1 rings (SSSR count). The van der Waals surface area contributed by atoms with Gasteiger partial charge in [0.2, 0.25) is 15.9 Å². The lowest BCUT2D eigenvalue weighted by molar-refractivity contribution is -0.121. The number of aryl methyl sites for hydroxylation is 1. The minimum Gasteiger partial charge on any atom is -0.325 e. The highest BCUT2D eigenvalue weighted by atomic mass is 32.2. The number of sulfonamides is 1. The Balaban J connectivity index is 2.96. The first-order valence-corrected chi connectivity index (χ1v) is 9.74. The van der Waals surface area contributed by atoms with Crippen LogP contribution in [0.1, 0.15) is 32.8 Å². The van der Waals surface area contributed by atoms with E-state index in [2.05, 4.69) is 14.9 Å². The van der Waals surface area contributed by atoms with Gasteiger partial charge in [-0.15, -0.1) is 0 Å². The normalized spacial score (nSPS) is 13.0. The Bertz CT molecular complexity index is 640. The first kappa shape index (κ1) is 19.4. The van der Waals surface area contributed by atoms with Crippen LogP contribution in [0.25, 0.3) is 0 Å². The van der Waals surface area contributed by atoms with E-state index in [0.29, 0.717) is 17.8 Å². The van der Waals surface area contributed by atoms with E-state index in [-0.39, 0.29) is 11.9 Å². The van der Waals surface area contributed by atoms with Crippen molar-refractivity contribution >= 4 is 27.3 Å². The summed E-state index contributed by atoms with van der Waals surface area (Å²) in [5.74, 6) is -0.0784. The summed E-state index contributed by atoms with van der Waals surface area (Å²) in [5, 5.41) is 2.88. The Morgan fingerprint density at radius 3 is 2.30 bits per heavy atom. The van der Waals surface area contributed by atoms with Crippen LogP contribution < -0.4 is 10.0 Å². The third-order valence-electron chi connectivity index (χ3n) is 3.74. The van der Waals surface area contributed by atoms with Crippen LogP contribution >= 0.6 is 0 Å². The SMILES string of the molecule is CC[C@H](C(=O)Nc1ccc(C)c(NS(C)(=O)=O)c1)N(CC)CC. The molecule has 0 aliphatic heterocycles. The van der Waals surface area contributed by atoms with Crippen LogP contribution in [0.3, 0.4) is 0 Å². The molecule has 0 radical (unpaired) electrons. The fraction of sp³-hybridized carbons (Fsp3) is 0.562. The van der Waals surface area contributed by atoms with E-state index in [0.717, 1.165) is 24.9 Å². The number of carbonyl (C=O) groups excluding carboxylic acids is 1. The van der Waals surface area contributed by atoms with Crippen molar-refractivity contribution in [2.24, 2.45) is 0 Å². The molecule has 0 bridgehead atoms. The van der Waals surface area contributed by atoms with Crippen LogP contribution in [0.15, 0.2) is 18.2 Å². The summed E-state index contributed by atoms with van der Waals surface area (Å²) in [6, 6.07) is 5.00. The summed E-state index contributed by atoms with van der Waals surface area (Å²) in [5.41, 5.74) is 1.85. The number of nitrogens with one attached hydrogen (secondary N) is 2. The van der Waals surface area contributed by atoms with Crippen LogP contribution in [0.2, 0.25) is 0 Å². The van der Waals surface area contributed by atoms with E-state index in [4.69, 9.17) is 0 Å². The molecule has 2 N–H and O–H groups in total. The Labute approximate surface area is 139 Å². The highest BCUT2D eigenvalue weighted by Gasteiger charge is 2.22. The third kappa shape index (κ3) is 5.84. The van der Waals surface area contributed by atoms with E-state index in [1.54, 1.807) is 18.2 Å². The van der Waals surface area contributed by atoms with Gasteiger partial charge in [-0.1, -0.05) is 26.8 Å². The van der Waals surface area contributed by atoms with Gasteiger partial charge < -0.3 is 5.32 Å². The van der Waals surface area contributed by atoms with Gasteiger partial charge in [0.1, 0.15) is 0 Å². The predicted octanol–water partition coefficient (Wildman–Crippen LogP) is 2.43. The molecule has 1 aromatic carbocycles. The quantitative estimate of drug-likeness (QED) is 0.761. The van der Waals surface area contributed by atoms with Gasteiger partial charge in [-0.2, -0.15) is 0 Å². The molecule has 130 valence electrons. The van der Waals surface area contributed by atoms with Gasteiger partial charge >= 0.3 is 0 Å². The monoisotopic (exact) mass is 341 g/mol. The van der Waals surface area contributed by atoms with E-state index in [1.807, 2.05) is 27.7 Å². The number of likely N-dealkylation sites (N-methyl/N-ethyl adjacent to an activating group) is 1. The molecule has 0 aliphatic rings. The highest BCUT2D eigenvalue weighted by Crippen LogP contribution is 2.21. The van der Waals surface area contributed by atoms with Crippen molar-refractivity contribution < 1.29 is 13.2 Å². The van der Waals surface area contributed by atoms with Crippen LogP contribution in [0, 0.1) is 6.92 Å². The van der Waals surface area contributed by atoms with E-state index in [1.165, 1.54) is 0 Å². The number of amides is 1. The predicted molar refractivity (Wildman–Crippen MR) is 95.3 cm³/mol. The number of hydrogen-bond acceptors (Lipinski definition) is 4. The lowest BCUT2D eigenvalue weighted by Gasteiger charge is -2.27. The van der Waals surface area contributed by atoms with Crippen LogP contribution in [0.5, 0.6) is 0 Å². The van der Waals surface area contributed by atoms with Gasteiger partial charge in [0.05, 0.1) is 18.0 Å². The third-order valence-corrected chi connectivity index (χ3v) is 4.33. The van der Waals surface area contributed by atoms with Gasteiger partial charge in [-0.05, 0) is 44.1 Å².